The van der Waals surface area contributed by atoms with Gasteiger partial charge in [0.2, 0.25) is 5.89 Å². The van der Waals surface area contributed by atoms with Gasteiger partial charge in [0, 0.05) is 6.92 Å². The van der Waals surface area contributed by atoms with Gasteiger partial charge in [-0.2, -0.15) is 4.98 Å². The van der Waals surface area contributed by atoms with Crippen LogP contribution in [0.15, 0.2) is 33.7 Å². The Bertz CT molecular complexity index is 677. The van der Waals surface area contributed by atoms with E-state index in [1.54, 1.807) is 19.1 Å². The van der Waals surface area contributed by atoms with Gasteiger partial charge in [0.25, 0.3) is 16.0 Å². The third-order valence-electron chi connectivity index (χ3n) is 2.59. The summed E-state index contributed by atoms with van der Waals surface area (Å²) in [6.07, 6.45) is 0. The van der Waals surface area contributed by atoms with Crippen molar-refractivity contribution in [3.05, 3.63) is 35.7 Å². The fraction of sp³-hybridized carbons (Fsp3) is 0.333. The van der Waals surface area contributed by atoms with Crippen LogP contribution in [0.1, 0.15) is 31.2 Å². The maximum absolute atomic E-state index is 12.2. The third-order valence-corrected chi connectivity index (χ3v) is 3.91. The summed E-state index contributed by atoms with van der Waals surface area (Å²) >= 11 is 0. The Labute approximate surface area is 111 Å². The molecule has 0 bridgehead atoms. The highest BCUT2D eigenvalue weighted by atomic mass is 32.2. The van der Waals surface area contributed by atoms with Crippen LogP contribution in [-0.2, 0) is 10.0 Å². The second-order valence-corrected chi connectivity index (χ2v) is 6.15. The number of nitrogens with zero attached hydrogens (tertiary/aromatic N) is 2. The normalized spacial score (nSPS) is 11.8. The number of sulfonamides is 1. The molecule has 1 aromatic heterocycles. The lowest BCUT2D eigenvalue weighted by Crippen LogP contribution is -2.14. The van der Waals surface area contributed by atoms with Gasteiger partial charge in [-0.1, -0.05) is 26.0 Å². The number of aromatic nitrogens is 2. The quantitative estimate of drug-likeness (QED) is 0.929. The molecule has 0 spiro atoms. The Kier molecular flexibility index (Phi) is 3.57. The van der Waals surface area contributed by atoms with E-state index in [0.717, 1.165) is 5.56 Å². The van der Waals surface area contributed by atoms with Crippen LogP contribution in [-0.4, -0.2) is 18.6 Å². The van der Waals surface area contributed by atoms with Crippen molar-refractivity contribution in [2.45, 2.75) is 31.6 Å². The van der Waals surface area contributed by atoms with Gasteiger partial charge >= 0.3 is 0 Å². The van der Waals surface area contributed by atoms with E-state index in [0.29, 0.717) is 5.89 Å². The molecule has 0 aliphatic carbocycles. The van der Waals surface area contributed by atoms with Gasteiger partial charge in [0.15, 0.2) is 0 Å². The van der Waals surface area contributed by atoms with Crippen LogP contribution in [0.4, 0.5) is 5.95 Å². The number of benzene rings is 1. The number of nitrogens with one attached hydrogen (secondary N) is 1. The van der Waals surface area contributed by atoms with E-state index in [1.165, 1.54) is 6.07 Å². The Balaban J connectivity index is 2.31. The van der Waals surface area contributed by atoms with Crippen molar-refractivity contribution in [2.75, 3.05) is 4.72 Å². The molecule has 0 fully saturated rings. The molecule has 7 heteroatoms. The molecular formula is C12H15N3O3S. The first-order valence-corrected chi connectivity index (χ1v) is 7.30. The van der Waals surface area contributed by atoms with Crippen LogP contribution < -0.4 is 4.72 Å². The van der Waals surface area contributed by atoms with E-state index in [9.17, 15) is 8.42 Å². The van der Waals surface area contributed by atoms with Gasteiger partial charge in [0.05, 0.1) is 4.90 Å². The molecule has 2 aromatic rings. The fourth-order valence-electron chi connectivity index (χ4n) is 1.56. The van der Waals surface area contributed by atoms with Crippen LogP contribution in [0.3, 0.4) is 0 Å². The molecule has 0 saturated heterocycles. The van der Waals surface area contributed by atoms with Gasteiger partial charge in [-0.05, 0) is 28.8 Å². The number of rotatable bonds is 4. The van der Waals surface area contributed by atoms with Crippen LogP contribution in [0.5, 0.6) is 0 Å². The van der Waals surface area contributed by atoms with E-state index in [1.807, 2.05) is 19.9 Å². The average molecular weight is 281 g/mol. The maximum Gasteiger partial charge on any atom is 0.277 e. The Hall–Kier alpha value is -1.89. The first-order valence-electron chi connectivity index (χ1n) is 5.81. The first kappa shape index (κ1) is 13.5. The molecule has 0 aliphatic heterocycles. The van der Waals surface area contributed by atoms with E-state index < -0.39 is 10.0 Å². The molecule has 0 radical (unpaired) electrons. The summed E-state index contributed by atoms with van der Waals surface area (Å²) < 4.78 is 31.3. The molecule has 1 heterocycles. The summed E-state index contributed by atoms with van der Waals surface area (Å²) in [7, 11) is -3.69. The highest BCUT2D eigenvalue weighted by molar-refractivity contribution is 7.92. The summed E-state index contributed by atoms with van der Waals surface area (Å²) in [5.41, 5.74) is 0.951. The van der Waals surface area contributed by atoms with Crippen molar-refractivity contribution in [1.29, 1.82) is 0 Å². The van der Waals surface area contributed by atoms with E-state index in [-0.39, 0.29) is 16.8 Å². The molecule has 6 nitrogen and oxygen atoms in total. The van der Waals surface area contributed by atoms with Crippen molar-refractivity contribution < 1.29 is 12.9 Å². The van der Waals surface area contributed by atoms with Gasteiger partial charge in [0.1, 0.15) is 0 Å². The highest BCUT2D eigenvalue weighted by Gasteiger charge is 2.17. The van der Waals surface area contributed by atoms with E-state index in [4.69, 9.17) is 4.52 Å². The SMILES string of the molecule is Cc1nc(NS(=O)(=O)c2cccc(C(C)C)c2)no1. The minimum atomic E-state index is -3.69. The minimum Gasteiger partial charge on any atom is -0.338 e. The number of aryl methyl sites for hydroxylation is 1. The summed E-state index contributed by atoms with van der Waals surface area (Å²) in [5, 5.41) is 3.51. The first-order chi connectivity index (χ1) is 8.88. The van der Waals surface area contributed by atoms with Crippen molar-refractivity contribution in [1.82, 2.24) is 10.1 Å². The van der Waals surface area contributed by atoms with Crippen LogP contribution >= 0.6 is 0 Å². The van der Waals surface area contributed by atoms with Crippen molar-refractivity contribution in [3.63, 3.8) is 0 Å². The molecule has 0 atom stereocenters. The molecule has 0 unspecified atom stereocenters. The Morgan fingerprint density at radius 1 is 1.32 bits per heavy atom. The standard InChI is InChI=1S/C12H15N3O3S/c1-8(2)10-5-4-6-11(7-10)19(16,17)15-12-13-9(3)18-14-12/h4-8H,1-3H3,(H,14,15). The molecule has 102 valence electrons. The molecule has 1 N–H and O–H groups in total. The summed E-state index contributed by atoms with van der Waals surface area (Å²) in [4.78, 5) is 3.99. The number of hydrogen-bond donors (Lipinski definition) is 1. The second-order valence-electron chi connectivity index (χ2n) is 4.47. The average Bonchev–Trinajstić information content (AvgIpc) is 2.74. The minimum absolute atomic E-state index is 0.0625. The summed E-state index contributed by atoms with van der Waals surface area (Å²) in [6, 6.07) is 6.77. The zero-order valence-corrected chi connectivity index (χ0v) is 11.7. The van der Waals surface area contributed by atoms with Gasteiger partial charge in [-0.25, -0.2) is 13.1 Å². The van der Waals surface area contributed by atoms with Gasteiger partial charge < -0.3 is 4.52 Å². The lowest BCUT2D eigenvalue weighted by molar-refractivity contribution is 0.395. The molecule has 19 heavy (non-hydrogen) atoms. The third kappa shape index (κ3) is 3.11. The van der Waals surface area contributed by atoms with Crippen molar-refractivity contribution in [3.8, 4) is 0 Å². The molecular weight excluding hydrogens is 266 g/mol. The van der Waals surface area contributed by atoms with Gasteiger partial charge in [-0.15, -0.1) is 0 Å². The zero-order valence-electron chi connectivity index (χ0n) is 10.9. The molecule has 0 aliphatic rings. The Morgan fingerprint density at radius 3 is 2.63 bits per heavy atom. The lowest BCUT2D eigenvalue weighted by Gasteiger charge is -2.08. The van der Waals surface area contributed by atoms with Crippen LogP contribution in [0.2, 0.25) is 0 Å². The van der Waals surface area contributed by atoms with Crippen LogP contribution in [0.25, 0.3) is 0 Å². The predicted molar refractivity (Wildman–Crippen MR) is 70.4 cm³/mol. The zero-order chi connectivity index (χ0) is 14.0. The number of hydrogen-bond acceptors (Lipinski definition) is 5. The predicted octanol–water partition coefficient (Wildman–Crippen LogP) is 2.30. The largest absolute Gasteiger partial charge is 0.338 e. The molecule has 2 rings (SSSR count). The lowest BCUT2D eigenvalue weighted by atomic mass is 10.0. The topological polar surface area (TPSA) is 85.1 Å². The summed E-state index contributed by atoms with van der Waals surface area (Å²) in [6.45, 7) is 5.59. The van der Waals surface area contributed by atoms with Crippen molar-refractivity contribution in [2.24, 2.45) is 0 Å². The van der Waals surface area contributed by atoms with Gasteiger partial charge in [-0.3, -0.25) is 0 Å². The van der Waals surface area contributed by atoms with E-state index in [2.05, 4.69) is 14.9 Å². The van der Waals surface area contributed by atoms with E-state index >= 15 is 0 Å². The monoisotopic (exact) mass is 281 g/mol. The molecule has 0 amide bonds. The highest BCUT2D eigenvalue weighted by Crippen LogP contribution is 2.20. The smallest absolute Gasteiger partial charge is 0.277 e. The fourth-order valence-corrected chi connectivity index (χ4v) is 2.55. The Morgan fingerprint density at radius 2 is 2.05 bits per heavy atom. The number of anilines is 1. The summed E-state index contributed by atoms with van der Waals surface area (Å²) in [5.74, 6) is 0.489. The molecule has 0 saturated carbocycles. The second kappa shape index (κ2) is 5.00. The molecule has 1 aromatic carbocycles. The maximum atomic E-state index is 12.2. The van der Waals surface area contributed by atoms with Crippen molar-refractivity contribution >= 4 is 16.0 Å². The van der Waals surface area contributed by atoms with Crippen LogP contribution in [0, 0.1) is 6.92 Å².